The molecule has 0 radical (unpaired) electrons. The fourth-order valence-electron chi connectivity index (χ4n) is 2.57. The zero-order chi connectivity index (χ0) is 19.2. The van der Waals surface area contributed by atoms with Gasteiger partial charge in [0.1, 0.15) is 0 Å². The molecule has 3 aromatic rings. The molecule has 0 fully saturated rings. The van der Waals surface area contributed by atoms with Gasteiger partial charge in [-0.3, -0.25) is 9.36 Å². The zero-order valence-electron chi connectivity index (χ0n) is 15.3. The van der Waals surface area contributed by atoms with Crippen molar-refractivity contribution < 1.29 is 9.26 Å². The van der Waals surface area contributed by atoms with Crippen molar-refractivity contribution in [2.24, 2.45) is 0 Å². The van der Waals surface area contributed by atoms with Crippen LogP contribution in [0.4, 0.5) is 0 Å². The first-order valence-electron chi connectivity index (χ1n) is 8.84. The lowest BCUT2D eigenvalue weighted by Crippen LogP contribution is -2.24. The maximum atomic E-state index is 13.0. The molecule has 0 aliphatic rings. The van der Waals surface area contributed by atoms with Crippen molar-refractivity contribution in [3.8, 4) is 0 Å². The smallest absolute Gasteiger partial charge is 0.262 e. The maximum Gasteiger partial charge on any atom is 0.262 e. The summed E-state index contributed by atoms with van der Waals surface area (Å²) in [5.74, 6) is 1.62. The molecule has 9 heteroatoms. The fraction of sp³-hybridized carbons (Fsp3) is 0.444. The molecule has 7 nitrogen and oxygen atoms in total. The third-order valence-corrected chi connectivity index (χ3v) is 5.10. The van der Waals surface area contributed by atoms with Crippen LogP contribution in [0.25, 0.3) is 10.9 Å². The van der Waals surface area contributed by atoms with E-state index in [1.54, 1.807) is 22.8 Å². The molecule has 0 saturated heterocycles. The van der Waals surface area contributed by atoms with E-state index in [2.05, 4.69) is 15.1 Å². The molecular formula is C18H21ClN4O3S. The van der Waals surface area contributed by atoms with E-state index < -0.39 is 0 Å². The van der Waals surface area contributed by atoms with Crippen molar-refractivity contribution in [1.82, 2.24) is 19.7 Å². The monoisotopic (exact) mass is 408 g/mol. The summed E-state index contributed by atoms with van der Waals surface area (Å²) in [7, 11) is 0. The molecule has 3 rings (SSSR count). The van der Waals surface area contributed by atoms with Gasteiger partial charge in [-0.2, -0.15) is 4.98 Å². The van der Waals surface area contributed by atoms with Crippen LogP contribution in [0, 0.1) is 0 Å². The second-order valence-electron chi connectivity index (χ2n) is 5.81. The number of ether oxygens (including phenoxy) is 1. The largest absolute Gasteiger partial charge is 0.382 e. The minimum Gasteiger partial charge on any atom is -0.382 e. The summed E-state index contributed by atoms with van der Waals surface area (Å²) >= 11 is 7.46. The summed E-state index contributed by atoms with van der Waals surface area (Å²) in [5, 5.41) is 5.59. The molecule has 0 N–H and O–H groups in total. The average molecular weight is 409 g/mol. The number of nitrogens with zero attached hydrogens (tertiary/aromatic N) is 4. The summed E-state index contributed by atoms with van der Waals surface area (Å²) < 4.78 is 12.3. The van der Waals surface area contributed by atoms with Gasteiger partial charge in [0, 0.05) is 31.2 Å². The Morgan fingerprint density at radius 1 is 1.30 bits per heavy atom. The highest BCUT2D eigenvalue weighted by Crippen LogP contribution is 2.23. The molecule has 0 saturated carbocycles. The fourth-order valence-corrected chi connectivity index (χ4v) is 3.60. The first-order chi connectivity index (χ1) is 13.1. The van der Waals surface area contributed by atoms with Crippen LogP contribution in [0.5, 0.6) is 0 Å². The third kappa shape index (κ3) is 4.88. The van der Waals surface area contributed by atoms with Crippen LogP contribution < -0.4 is 5.56 Å². The molecule has 2 heterocycles. The number of hydrogen-bond acceptors (Lipinski definition) is 7. The highest BCUT2D eigenvalue weighted by molar-refractivity contribution is 7.98. The zero-order valence-corrected chi connectivity index (χ0v) is 16.8. The van der Waals surface area contributed by atoms with Crippen LogP contribution in [0.15, 0.2) is 32.7 Å². The predicted octanol–water partition coefficient (Wildman–Crippen LogP) is 3.71. The van der Waals surface area contributed by atoms with Crippen molar-refractivity contribution >= 4 is 34.3 Å². The van der Waals surface area contributed by atoms with Crippen LogP contribution in [-0.2, 0) is 23.5 Å². The summed E-state index contributed by atoms with van der Waals surface area (Å²) in [4.78, 5) is 21.9. The highest BCUT2D eigenvalue weighted by atomic mass is 35.5. The maximum absolute atomic E-state index is 13.0. The van der Waals surface area contributed by atoms with E-state index in [9.17, 15) is 4.79 Å². The molecule has 0 amide bonds. The number of thioether (sulfide) groups is 1. The van der Waals surface area contributed by atoms with Crippen molar-refractivity contribution in [2.75, 3.05) is 13.2 Å². The van der Waals surface area contributed by atoms with Gasteiger partial charge in [0.2, 0.25) is 5.89 Å². The van der Waals surface area contributed by atoms with Gasteiger partial charge in [0.15, 0.2) is 11.0 Å². The number of halogens is 1. The Kier molecular flexibility index (Phi) is 6.87. The van der Waals surface area contributed by atoms with E-state index >= 15 is 0 Å². The van der Waals surface area contributed by atoms with Crippen LogP contribution in [-0.4, -0.2) is 32.9 Å². The number of benzene rings is 1. The van der Waals surface area contributed by atoms with Gasteiger partial charge < -0.3 is 9.26 Å². The van der Waals surface area contributed by atoms with E-state index in [-0.39, 0.29) is 5.56 Å². The van der Waals surface area contributed by atoms with Gasteiger partial charge in [0.05, 0.1) is 16.7 Å². The Morgan fingerprint density at radius 2 is 2.15 bits per heavy atom. The van der Waals surface area contributed by atoms with Crippen LogP contribution >= 0.6 is 23.4 Å². The Bertz CT molecular complexity index is 973. The number of aryl methyl sites for hydroxylation is 1. The molecule has 0 unspecified atom stereocenters. The van der Waals surface area contributed by atoms with E-state index in [0.29, 0.717) is 64.7 Å². The number of hydrogen-bond donors (Lipinski definition) is 0. The molecule has 0 atom stereocenters. The Hall–Kier alpha value is -1.90. The van der Waals surface area contributed by atoms with Crippen molar-refractivity contribution in [3.63, 3.8) is 0 Å². The lowest BCUT2D eigenvalue weighted by Gasteiger charge is -2.12. The van der Waals surface area contributed by atoms with Crippen LogP contribution in [0.3, 0.4) is 0 Å². The quantitative estimate of drug-likeness (QED) is 0.303. The third-order valence-electron chi connectivity index (χ3n) is 3.91. The minimum atomic E-state index is -0.0876. The van der Waals surface area contributed by atoms with Crippen LogP contribution in [0.2, 0.25) is 5.02 Å². The standard InChI is InChI=1S/C18H21ClN4O3S/c1-3-15-21-16(26-22-15)11-27-18-20-14-10-12(19)6-7-13(14)17(24)23(18)8-5-9-25-4-2/h6-7,10H,3-5,8-9,11H2,1-2H3. The van der Waals surface area contributed by atoms with Gasteiger partial charge in [-0.15, -0.1) is 0 Å². The molecule has 0 bridgehead atoms. The van der Waals surface area contributed by atoms with Crippen LogP contribution in [0.1, 0.15) is 32.0 Å². The summed E-state index contributed by atoms with van der Waals surface area (Å²) in [6.07, 6.45) is 1.44. The predicted molar refractivity (Wildman–Crippen MR) is 105 cm³/mol. The van der Waals surface area contributed by atoms with Crippen molar-refractivity contribution in [2.45, 2.75) is 44.1 Å². The van der Waals surface area contributed by atoms with E-state index in [1.807, 2.05) is 13.8 Å². The molecular weight excluding hydrogens is 388 g/mol. The highest BCUT2D eigenvalue weighted by Gasteiger charge is 2.14. The molecule has 0 spiro atoms. The molecule has 144 valence electrons. The van der Waals surface area contributed by atoms with E-state index in [1.165, 1.54) is 11.8 Å². The second-order valence-corrected chi connectivity index (χ2v) is 7.19. The molecule has 1 aromatic carbocycles. The average Bonchev–Trinajstić information content (AvgIpc) is 3.13. The number of rotatable bonds is 9. The summed E-state index contributed by atoms with van der Waals surface area (Å²) in [6.45, 7) is 5.68. The minimum absolute atomic E-state index is 0.0876. The van der Waals surface area contributed by atoms with Crippen molar-refractivity contribution in [1.29, 1.82) is 0 Å². The number of aromatic nitrogens is 4. The topological polar surface area (TPSA) is 83.0 Å². The van der Waals surface area contributed by atoms with E-state index in [4.69, 9.17) is 20.9 Å². The SMILES string of the molecule is CCOCCCn1c(SCc2nc(CC)no2)nc2cc(Cl)ccc2c1=O. The number of fused-ring (bicyclic) bond motifs is 1. The van der Waals surface area contributed by atoms with Crippen molar-refractivity contribution in [3.05, 3.63) is 45.3 Å². The first-order valence-corrected chi connectivity index (χ1v) is 10.2. The normalized spacial score (nSPS) is 11.4. The Balaban J connectivity index is 1.90. The lowest BCUT2D eigenvalue weighted by molar-refractivity contribution is 0.140. The summed E-state index contributed by atoms with van der Waals surface area (Å²) in [6, 6.07) is 5.12. The molecule has 27 heavy (non-hydrogen) atoms. The molecule has 0 aliphatic heterocycles. The van der Waals surface area contributed by atoms with E-state index in [0.717, 1.165) is 6.42 Å². The van der Waals surface area contributed by atoms with Gasteiger partial charge >= 0.3 is 0 Å². The molecule has 2 aromatic heterocycles. The first kappa shape index (κ1) is 19.9. The Morgan fingerprint density at radius 3 is 2.89 bits per heavy atom. The summed E-state index contributed by atoms with van der Waals surface area (Å²) in [5.41, 5.74) is 0.492. The molecule has 0 aliphatic carbocycles. The van der Waals surface area contributed by atoms with Gasteiger partial charge in [-0.25, -0.2) is 4.98 Å². The second kappa shape index (κ2) is 9.34. The Labute approximate surface area is 166 Å². The van der Waals surface area contributed by atoms with Gasteiger partial charge in [-0.1, -0.05) is 35.4 Å². The van der Waals surface area contributed by atoms with Gasteiger partial charge in [0.25, 0.3) is 5.56 Å². The lowest BCUT2D eigenvalue weighted by atomic mass is 10.2. The van der Waals surface area contributed by atoms with Gasteiger partial charge in [-0.05, 0) is 31.5 Å².